The molecule has 0 radical (unpaired) electrons. The van der Waals surface area contributed by atoms with Crippen LogP contribution in [-0.2, 0) is 24.3 Å². The molecule has 2 aromatic rings. The van der Waals surface area contributed by atoms with Crippen molar-refractivity contribution < 1.29 is 27.1 Å². The molecule has 1 heterocycles. The van der Waals surface area contributed by atoms with Crippen molar-refractivity contribution in [3.05, 3.63) is 82.6 Å². The van der Waals surface area contributed by atoms with Gasteiger partial charge in [0.05, 0.1) is 23.0 Å². The fraction of sp³-hybridized carbons (Fsp3) is 0.308. The van der Waals surface area contributed by atoms with E-state index in [4.69, 9.17) is 15.6 Å². The van der Waals surface area contributed by atoms with Gasteiger partial charge in [-0.25, -0.2) is 22.7 Å². The molecule has 0 saturated heterocycles. The molecule has 36 heavy (non-hydrogen) atoms. The number of allylic oxidation sites excluding steroid dienone is 2. The lowest BCUT2D eigenvalue weighted by Crippen LogP contribution is -2.43. The Kier molecular flexibility index (Phi) is 6.52. The van der Waals surface area contributed by atoms with Crippen LogP contribution in [0.1, 0.15) is 45.1 Å². The topological polar surface area (TPSA) is 133 Å². The molecule has 0 bridgehead atoms. The van der Waals surface area contributed by atoms with Gasteiger partial charge in [0, 0.05) is 23.4 Å². The van der Waals surface area contributed by atoms with E-state index in [2.05, 4.69) is 0 Å². The molecule has 1 aliphatic heterocycles. The molecule has 2 aliphatic rings. The van der Waals surface area contributed by atoms with Crippen molar-refractivity contribution >= 4 is 27.5 Å². The summed E-state index contributed by atoms with van der Waals surface area (Å²) in [5.41, 5.74) is 8.28. The summed E-state index contributed by atoms with van der Waals surface area (Å²) in [6, 6.07) is 11.3. The number of Topliss-reactive ketones (excluding diaryl/α,β-unsaturated/α-hetero) is 1. The van der Waals surface area contributed by atoms with Crippen molar-refractivity contribution in [2.45, 2.75) is 44.4 Å². The fourth-order valence-electron chi connectivity index (χ4n) is 4.89. The highest BCUT2D eigenvalue weighted by atomic mass is 32.2. The van der Waals surface area contributed by atoms with Gasteiger partial charge in [0.15, 0.2) is 5.78 Å². The number of esters is 1. The number of primary sulfonamides is 1. The minimum Gasteiger partial charge on any atom is -0.463 e. The molecule has 0 amide bonds. The fourth-order valence-corrected chi connectivity index (χ4v) is 5.40. The van der Waals surface area contributed by atoms with Crippen molar-refractivity contribution in [2.24, 2.45) is 16.3 Å². The zero-order valence-electron chi connectivity index (χ0n) is 20.2. The molecule has 190 valence electrons. The number of rotatable bonds is 5. The first kappa shape index (κ1) is 25.6. The van der Waals surface area contributed by atoms with Crippen LogP contribution in [0.4, 0.5) is 10.1 Å². The minimum atomic E-state index is -3.93. The summed E-state index contributed by atoms with van der Waals surface area (Å²) in [5, 5.41) is 5.24. The van der Waals surface area contributed by atoms with Crippen molar-refractivity contribution in [2.75, 3.05) is 11.5 Å². The third-order valence-electron chi connectivity index (χ3n) is 6.38. The lowest BCUT2D eigenvalue weighted by molar-refractivity contribution is -0.138. The van der Waals surface area contributed by atoms with Crippen molar-refractivity contribution in [3.8, 4) is 0 Å². The maximum Gasteiger partial charge on any atom is 0.338 e. The minimum absolute atomic E-state index is 0.0513. The van der Waals surface area contributed by atoms with E-state index in [9.17, 15) is 22.4 Å². The van der Waals surface area contributed by atoms with Gasteiger partial charge in [-0.2, -0.15) is 0 Å². The van der Waals surface area contributed by atoms with Gasteiger partial charge in [-0.05, 0) is 60.7 Å². The van der Waals surface area contributed by atoms with E-state index in [1.165, 1.54) is 48.5 Å². The van der Waals surface area contributed by atoms with Gasteiger partial charge >= 0.3 is 5.97 Å². The van der Waals surface area contributed by atoms with Gasteiger partial charge in [-0.1, -0.05) is 26.0 Å². The standard InChI is InChI=1S/C26H28FN3O5S/c1-4-35-25(32)23-21(15-5-7-16(27)8-6-15)22-19(13-26(2,3)14-20(22)31)30(24(23)28)17-9-11-18(12-10-17)36(29,33)34/h5-12,21H,4,13-14,28H2,1-3H3,(H2,29,33,34)/t21-/m0/s1. The predicted molar refractivity (Wildman–Crippen MR) is 132 cm³/mol. The number of sulfonamides is 1. The van der Waals surface area contributed by atoms with E-state index in [1.807, 2.05) is 13.8 Å². The SMILES string of the molecule is CCOC(=O)C1=C(N)N(c2ccc(S(N)(=O)=O)cc2)C2=C(C(=O)CC(C)(C)C2)[C@@H]1c1ccc(F)cc1. The van der Waals surface area contributed by atoms with Crippen molar-refractivity contribution in [3.63, 3.8) is 0 Å². The van der Waals surface area contributed by atoms with Crippen LogP contribution in [0.3, 0.4) is 0 Å². The number of nitrogens with zero attached hydrogens (tertiary/aromatic N) is 1. The maximum absolute atomic E-state index is 13.8. The lowest BCUT2D eigenvalue weighted by Gasteiger charge is -2.44. The Balaban J connectivity index is 2.00. The summed E-state index contributed by atoms with van der Waals surface area (Å²) in [7, 11) is -3.93. The van der Waals surface area contributed by atoms with Crippen LogP contribution in [-0.4, -0.2) is 26.8 Å². The van der Waals surface area contributed by atoms with E-state index in [-0.39, 0.29) is 35.1 Å². The number of nitrogens with two attached hydrogens (primary N) is 2. The number of ketones is 1. The van der Waals surface area contributed by atoms with Crippen molar-refractivity contribution in [1.29, 1.82) is 0 Å². The average Bonchev–Trinajstić information content (AvgIpc) is 2.78. The van der Waals surface area contributed by atoms with Crippen LogP contribution in [0.2, 0.25) is 0 Å². The molecular formula is C26H28FN3O5S. The molecule has 8 nitrogen and oxygen atoms in total. The number of carbonyl (C=O) groups excluding carboxylic acids is 2. The van der Waals surface area contributed by atoms with Crippen LogP contribution in [0, 0.1) is 11.2 Å². The number of carbonyl (C=O) groups is 2. The van der Waals surface area contributed by atoms with Gasteiger partial charge < -0.3 is 10.5 Å². The number of hydrogen-bond acceptors (Lipinski definition) is 7. The summed E-state index contributed by atoms with van der Waals surface area (Å²) in [4.78, 5) is 28.4. The maximum atomic E-state index is 13.8. The normalized spacial score (nSPS) is 19.9. The third kappa shape index (κ3) is 4.66. The zero-order chi connectivity index (χ0) is 26.4. The Morgan fingerprint density at radius 2 is 1.72 bits per heavy atom. The van der Waals surface area contributed by atoms with Crippen molar-refractivity contribution in [1.82, 2.24) is 0 Å². The first-order valence-electron chi connectivity index (χ1n) is 11.5. The molecular weight excluding hydrogens is 485 g/mol. The molecule has 4 N–H and O–H groups in total. The number of anilines is 1. The highest BCUT2D eigenvalue weighted by Crippen LogP contribution is 2.50. The van der Waals surface area contributed by atoms with Gasteiger partial charge in [-0.15, -0.1) is 0 Å². The van der Waals surface area contributed by atoms with Gasteiger partial charge in [0.25, 0.3) is 0 Å². The first-order valence-corrected chi connectivity index (χ1v) is 13.0. The van der Waals surface area contributed by atoms with Crippen LogP contribution >= 0.6 is 0 Å². The Morgan fingerprint density at radius 3 is 2.28 bits per heavy atom. The second kappa shape index (κ2) is 9.18. The average molecular weight is 514 g/mol. The predicted octanol–water partition coefficient (Wildman–Crippen LogP) is 3.45. The summed E-state index contributed by atoms with van der Waals surface area (Å²) < 4.78 is 42.6. The van der Waals surface area contributed by atoms with Crippen LogP contribution in [0.25, 0.3) is 0 Å². The molecule has 0 fully saturated rings. The van der Waals surface area contributed by atoms with E-state index in [0.29, 0.717) is 28.9 Å². The second-order valence-electron chi connectivity index (χ2n) is 9.68. The molecule has 0 saturated carbocycles. The molecule has 1 aliphatic carbocycles. The molecule has 1 atom stereocenters. The van der Waals surface area contributed by atoms with Gasteiger partial charge in [-0.3, -0.25) is 9.69 Å². The van der Waals surface area contributed by atoms with E-state index in [0.717, 1.165) is 0 Å². The molecule has 4 rings (SSSR count). The highest BCUT2D eigenvalue weighted by molar-refractivity contribution is 7.89. The van der Waals surface area contributed by atoms with E-state index < -0.39 is 33.1 Å². The number of halogens is 1. The summed E-state index contributed by atoms with van der Waals surface area (Å²) >= 11 is 0. The van der Waals surface area contributed by atoms with E-state index in [1.54, 1.807) is 11.8 Å². The zero-order valence-corrected chi connectivity index (χ0v) is 21.1. The van der Waals surface area contributed by atoms with Crippen LogP contribution in [0.15, 0.2) is 76.1 Å². The van der Waals surface area contributed by atoms with Gasteiger partial charge in [0.1, 0.15) is 11.6 Å². The Morgan fingerprint density at radius 1 is 1.11 bits per heavy atom. The lowest BCUT2D eigenvalue weighted by atomic mass is 9.68. The largest absolute Gasteiger partial charge is 0.463 e. The summed E-state index contributed by atoms with van der Waals surface area (Å²) in [6.07, 6.45) is 0.706. The Hall–Kier alpha value is -3.50. The van der Waals surface area contributed by atoms with Crippen LogP contribution < -0.4 is 15.8 Å². The van der Waals surface area contributed by atoms with E-state index >= 15 is 0 Å². The number of ether oxygens (including phenoxy) is 1. The number of hydrogen-bond donors (Lipinski definition) is 2. The molecule has 0 aromatic heterocycles. The quantitative estimate of drug-likeness (QED) is 0.585. The first-order chi connectivity index (χ1) is 16.8. The van der Waals surface area contributed by atoms with Gasteiger partial charge in [0.2, 0.25) is 10.0 Å². The number of benzene rings is 2. The Labute approximate surface area is 209 Å². The Bertz CT molecular complexity index is 1390. The summed E-state index contributed by atoms with van der Waals surface area (Å²) in [5.74, 6) is -2.10. The highest BCUT2D eigenvalue weighted by Gasteiger charge is 2.46. The molecule has 2 aromatic carbocycles. The molecule has 0 spiro atoms. The third-order valence-corrected chi connectivity index (χ3v) is 7.31. The van der Waals surface area contributed by atoms with Crippen LogP contribution in [0.5, 0.6) is 0 Å². The second-order valence-corrected chi connectivity index (χ2v) is 11.2. The molecule has 10 heteroatoms. The molecule has 0 unspecified atom stereocenters. The summed E-state index contributed by atoms with van der Waals surface area (Å²) in [6.45, 7) is 5.67. The monoisotopic (exact) mass is 513 g/mol. The smallest absolute Gasteiger partial charge is 0.338 e.